The summed E-state index contributed by atoms with van der Waals surface area (Å²) in [7, 11) is 0. The summed E-state index contributed by atoms with van der Waals surface area (Å²) in [5, 5.41) is 3.31. The largest absolute Gasteiger partial charge is 0.441 e. The van der Waals surface area contributed by atoms with Crippen LogP contribution in [0.2, 0.25) is 0 Å². The Morgan fingerprint density at radius 3 is 2.55 bits per heavy atom. The van der Waals surface area contributed by atoms with Crippen molar-refractivity contribution in [3.8, 4) is 0 Å². The van der Waals surface area contributed by atoms with Gasteiger partial charge >= 0.3 is 5.51 Å². The third-order valence-electron chi connectivity index (χ3n) is 2.82. The first-order valence-corrected chi connectivity index (χ1v) is 8.25. The summed E-state index contributed by atoms with van der Waals surface area (Å²) in [6.07, 6.45) is 0.500. The van der Waals surface area contributed by atoms with Gasteiger partial charge in [-0.15, -0.1) is 0 Å². The lowest BCUT2D eigenvalue weighted by atomic mass is 9.96. The monoisotopic (exact) mass is 369 g/mol. The lowest BCUT2D eigenvalue weighted by molar-refractivity contribution is -0.0328. The summed E-state index contributed by atoms with van der Waals surface area (Å²) < 4.78 is 37.6. The SMILES string of the molecule is CC(C)NCC(CCSC(F)(F)F)c1cccc(Br)c1. The maximum atomic E-state index is 12.2. The Balaban J connectivity index is 2.65. The number of halogens is 4. The molecule has 0 amide bonds. The molecule has 0 fully saturated rings. The molecule has 1 atom stereocenters. The molecule has 6 heteroatoms. The standard InChI is InChI=1S/C14H19BrF3NS/c1-10(2)19-9-12(6-7-20-14(16,17)18)11-4-3-5-13(15)8-11/h3-5,8,10,12,19H,6-7,9H2,1-2H3. The average Bonchev–Trinajstić information content (AvgIpc) is 2.31. The zero-order valence-corrected chi connectivity index (χ0v) is 13.9. The van der Waals surface area contributed by atoms with Crippen LogP contribution in [0.4, 0.5) is 13.2 Å². The van der Waals surface area contributed by atoms with Crippen LogP contribution >= 0.6 is 27.7 Å². The van der Waals surface area contributed by atoms with E-state index in [1.54, 1.807) is 0 Å². The maximum absolute atomic E-state index is 12.2. The summed E-state index contributed by atoms with van der Waals surface area (Å²) >= 11 is 3.46. The van der Waals surface area contributed by atoms with E-state index in [0.717, 1.165) is 10.0 Å². The molecular weight excluding hydrogens is 351 g/mol. The molecule has 1 unspecified atom stereocenters. The van der Waals surface area contributed by atoms with Crippen LogP contribution in [0, 0.1) is 0 Å². The molecule has 0 saturated carbocycles. The summed E-state index contributed by atoms with van der Waals surface area (Å²) in [5.74, 6) is 0.172. The Morgan fingerprint density at radius 2 is 2.00 bits per heavy atom. The average molecular weight is 370 g/mol. The normalized spacial score (nSPS) is 13.8. The first-order valence-electron chi connectivity index (χ1n) is 6.47. The number of alkyl halides is 3. The minimum Gasteiger partial charge on any atom is -0.314 e. The van der Waals surface area contributed by atoms with Crippen LogP contribution < -0.4 is 5.32 Å². The van der Waals surface area contributed by atoms with Crippen molar-refractivity contribution in [2.75, 3.05) is 12.3 Å². The van der Waals surface area contributed by atoms with E-state index in [4.69, 9.17) is 0 Å². The van der Waals surface area contributed by atoms with E-state index in [0.29, 0.717) is 19.0 Å². The molecule has 1 rings (SSSR count). The van der Waals surface area contributed by atoms with Gasteiger partial charge in [-0.2, -0.15) is 13.2 Å². The van der Waals surface area contributed by atoms with Gasteiger partial charge in [-0.05, 0) is 30.0 Å². The van der Waals surface area contributed by atoms with Gasteiger partial charge in [-0.1, -0.05) is 53.7 Å². The molecule has 1 aromatic rings. The first-order chi connectivity index (χ1) is 9.28. The number of thioether (sulfide) groups is 1. The smallest absolute Gasteiger partial charge is 0.314 e. The molecule has 0 bridgehead atoms. The van der Waals surface area contributed by atoms with E-state index in [1.807, 2.05) is 38.1 Å². The van der Waals surface area contributed by atoms with Gasteiger partial charge in [0.25, 0.3) is 0 Å². The summed E-state index contributed by atoms with van der Waals surface area (Å²) in [6, 6.07) is 8.10. The van der Waals surface area contributed by atoms with Gasteiger partial charge in [0.15, 0.2) is 0 Å². The summed E-state index contributed by atoms with van der Waals surface area (Å²) in [6.45, 7) is 4.75. The molecule has 20 heavy (non-hydrogen) atoms. The second-order valence-corrected chi connectivity index (χ2v) is 6.97. The Kier molecular flexibility index (Phi) is 7.40. The van der Waals surface area contributed by atoms with Gasteiger partial charge in [0.1, 0.15) is 0 Å². The fourth-order valence-corrected chi connectivity index (χ4v) is 2.89. The molecule has 0 aromatic heterocycles. The minimum absolute atomic E-state index is 0.0555. The lowest BCUT2D eigenvalue weighted by Crippen LogP contribution is -2.28. The fraction of sp³-hybridized carbons (Fsp3) is 0.571. The minimum atomic E-state index is -4.15. The van der Waals surface area contributed by atoms with Gasteiger partial charge in [0.05, 0.1) is 0 Å². The predicted molar refractivity (Wildman–Crippen MR) is 83.2 cm³/mol. The maximum Gasteiger partial charge on any atom is 0.441 e. The van der Waals surface area contributed by atoms with Crippen molar-refractivity contribution in [2.24, 2.45) is 0 Å². The zero-order chi connectivity index (χ0) is 15.2. The molecule has 0 aliphatic carbocycles. The first kappa shape index (κ1) is 17.9. The van der Waals surface area contributed by atoms with Crippen molar-refractivity contribution >= 4 is 27.7 Å². The van der Waals surface area contributed by atoms with Gasteiger partial charge < -0.3 is 5.32 Å². The molecule has 0 aliphatic rings. The number of hydrogen-bond donors (Lipinski definition) is 1. The highest BCUT2D eigenvalue weighted by molar-refractivity contribution is 9.10. The second kappa shape index (κ2) is 8.29. The third kappa shape index (κ3) is 7.55. The second-order valence-electron chi connectivity index (χ2n) is 4.90. The highest BCUT2D eigenvalue weighted by Crippen LogP contribution is 2.33. The molecular formula is C14H19BrF3NS. The summed E-state index contributed by atoms with van der Waals surface area (Å²) in [4.78, 5) is 0. The highest BCUT2D eigenvalue weighted by atomic mass is 79.9. The summed E-state index contributed by atoms with van der Waals surface area (Å²) in [5.41, 5.74) is -3.08. The van der Waals surface area contributed by atoms with Gasteiger partial charge in [-0.3, -0.25) is 0 Å². The van der Waals surface area contributed by atoms with Crippen LogP contribution in [-0.4, -0.2) is 23.8 Å². The predicted octanol–water partition coefficient (Wildman–Crippen LogP) is 5.17. The number of nitrogens with one attached hydrogen (secondary N) is 1. The Morgan fingerprint density at radius 1 is 1.30 bits per heavy atom. The molecule has 0 spiro atoms. The van der Waals surface area contributed by atoms with Crippen molar-refractivity contribution in [3.63, 3.8) is 0 Å². The van der Waals surface area contributed by atoms with Gasteiger partial charge in [0.2, 0.25) is 0 Å². The van der Waals surface area contributed by atoms with E-state index in [9.17, 15) is 13.2 Å². The van der Waals surface area contributed by atoms with Crippen LogP contribution in [-0.2, 0) is 0 Å². The molecule has 0 radical (unpaired) electrons. The number of benzene rings is 1. The highest BCUT2D eigenvalue weighted by Gasteiger charge is 2.28. The molecule has 114 valence electrons. The molecule has 1 nitrogen and oxygen atoms in total. The Bertz CT molecular complexity index is 410. The van der Waals surface area contributed by atoms with Gasteiger partial charge in [0, 0.05) is 22.8 Å². The quantitative estimate of drug-likeness (QED) is 0.710. The Hall–Kier alpha value is -0.200. The molecule has 0 aliphatic heterocycles. The van der Waals surface area contributed by atoms with E-state index in [2.05, 4.69) is 21.2 Å². The molecule has 1 N–H and O–H groups in total. The number of rotatable bonds is 7. The molecule has 1 aromatic carbocycles. The zero-order valence-electron chi connectivity index (χ0n) is 11.5. The van der Waals surface area contributed by atoms with E-state index >= 15 is 0 Å². The van der Waals surface area contributed by atoms with Crippen LogP contribution in [0.5, 0.6) is 0 Å². The van der Waals surface area contributed by atoms with Crippen molar-refractivity contribution in [1.29, 1.82) is 0 Å². The third-order valence-corrected chi connectivity index (χ3v) is 4.09. The fourth-order valence-electron chi connectivity index (χ4n) is 1.84. The molecule has 0 saturated heterocycles. The van der Waals surface area contributed by atoms with Crippen LogP contribution in [0.3, 0.4) is 0 Å². The van der Waals surface area contributed by atoms with Crippen molar-refractivity contribution in [1.82, 2.24) is 5.32 Å². The van der Waals surface area contributed by atoms with Crippen LogP contribution in [0.25, 0.3) is 0 Å². The Labute approximate surface area is 130 Å². The van der Waals surface area contributed by atoms with Crippen molar-refractivity contribution in [3.05, 3.63) is 34.3 Å². The number of hydrogen-bond acceptors (Lipinski definition) is 2. The van der Waals surface area contributed by atoms with Crippen molar-refractivity contribution in [2.45, 2.75) is 37.7 Å². The van der Waals surface area contributed by atoms with E-state index < -0.39 is 5.51 Å². The van der Waals surface area contributed by atoms with Crippen LogP contribution in [0.15, 0.2) is 28.7 Å². The van der Waals surface area contributed by atoms with E-state index in [1.165, 1.54) is 0 Å². The lowest BCUT2D eigenvalue weighted by Gasteiger charge is -2.20. The van der Waals surface area contributed by atoms with Crippen LogP contribution in [0.1, 0.15) is 31.7 Å². The topological polar surface area (TPSA) is 12.0 Å². The van der Waals surface area contributed by atoms with E-state index in [-0.39, 0.29) is 23.4 Å². The van der Waals surface area contributed by atoms with Gasteiger partial charge in [-0.25, -0.2) is 0 Å². The molecule has 0 heterocycles. The van der Waals surface area contributed by atoms with Crippen molar-refractivity contribution < 1.29 is 13.2 Å².